The maximum Gasteiger partial charge on any atom is 0.132 e. The van der Waals surface area contributed by atoms with Crippen LogP contribution in [0.5, 0.6) is 5.75 Å². The van der Waals surface area contributed by atoms with E-state index in [2.05, 4.69) is 33.1 Å². The highest BCUT2D eigenvalue weighted by molar-refractivity contribution is 5.44. The summed E-state index contributed by atoms with van der Waals surface area (Å²) in [5.74, 6) is 2.33. The normalized spacial score (nSPS) is 20.1. The van der Waals surface area contributed by atoms with Gasteiger partial charge in [-0.3, -0.25) is 0 Å². The van der Waals surface area contributed by atoms with Gasteiger partial charge in [0.15, 0.2) is 0 Å². The van der Waals surface area contributed by atoms with Crippen LogP contribution in [-0.2, 0) is 11.3 Å². The Hall–Kier alpha value is -2.14. The van der Waals surface area contributed by atoms with Crippen molar-refractivity contribution in [2.45, 2.75) is 37.8 Å². The van der Waals surface area contributed by atoms with Crippen LogP contribution in [0.1, 0.15) is 36.4 Å². The number of hydrogen-bond acceptors (Lipinski definition) is 5. The first-order chi connectivity index (χ1) is 11.8. The number of anilines is 1. The Balaban J connectivity index is 1.57. The molecule has 1 aliphatic heterocycles. The number of methoxy groups -OCH3 is 1. The van der Waals surface area contributed by atoms with E-state index in [0.29, 0.717) is 12.0 Å². The summed E-state index contributed by atoms with van der Waals surface area (Å²) in [6.45, 7) is 2.45. The molecule has 1 aliphatic carbocycles. The highest BCUT2D eigenvalue weighted by atomic mass is 16.5. The minimum atomic E-state index is 0.407. The summed E-state index contributed by atoms with van der Waals surface area (Å²) in [7, 11) is 1.71. The largest absolute Gasteiger partial charge is 0.497 e. The molecule has 126 valence electrons. The number of benzene rings is 1. The van der Waals surface area contributed by atoms with Crippen molar-refractivity contribution >= 4 is 5.82 Å². The molecule has 1 aromatic heterocycles. The molecule has 4 rings (SSSR count). The van der Waals surface area contributed by atoms with Gasteiger partial charge in [-0.2, -0.15) is 0 Å². The van der Waals surface area contributed by atoms with Crippen LogP contribution in [0.15, 0.2) is 36.7 Å². The van der Waals surface area contributed by atoms with E-state index in [1.807, 2.05) is 12.1 Å². The molecule has 5 nitrogen and oxygen atoms in total. The monoisotopic (exact) mass is 325 g/mol. The van der Waals surface area contributed by atoms with Crippen LogP contribution in [0.25, 0.3) is 0 Å². The molecule has 0 N–H and O–H groups in total. The van der Waals surface area contributed by atoms with Crippen molar-refractivity contribution in [1.82, 2.24) is 9.97 Å². The van der Waals surface area contributed by atoms with Gasteiger partial charge in [-0.05, 0) is 37.0 Å². The van der Waals surface area contributed by atoms with E-state index < -0.39 is 0 Å². The molecule has 2 heterocycles. The molecule has 2 aromatic rings. The van der Waals surface area contributed by atoms with E-state index >= 15 is 0 Å². The quantitative estimate of drug-likeness (QED) is 0.816. The summed E-state index contributed by atoms with van der Waals surface area (Å²) in [4.78, 5) is 11.4. The first-order valence-electron chi connectivity index (χ1n) is 8.63. The zero-order valence-corrected chi connectivity index (χ0v) is 14.0. The second-order valence-electron chi connectivity index (χ2n) is 6.57. The molecule has 1 unspecified atom stereocenters. The maximum atomic E-state index is 5.50. The zero-order chi connectivity index (χ0) is 16.4. The van der Waals surface area contributed by atoms with Gasteiger partial charge >= 0.3 is 0 Å². The molecule has 0 radical (unpaired) electrons. The number of aromatic nitrogens is 2. The molecule has 2 aliphatic rings. The van der Waals surface area contributed by atoms with Crippen LogP contribution in [0.4, 0.5) is 5.82 Å². The second kappa shape index (κ2) is 6.77. The van der Waals surface area contributed by atoms with Crippen molar-refractivity contribution in [1.29, 1.82) is 0 Å². The standard InChI is InChI=1S/C19H23N3O2/c1-23-17-4-2-3-14(9-17)11-22(16-5-6-16)19-10-18(20-13-21-19)15-7-8-24-12-15/h2-4,9-10,13,15-16H,5-8,11-12H2,1H3. The Labute approximate surface area is 142 Å². The molecular formula is C19H23N3O2. The average Bonchev–Trinajstić information content (AvgIpc) is 3.32. The molecule has 1 aromatic carbocycles. The lowest BCUT2D eigenvalue weighted by molar-refractivity contribution is 0.193. The number of hydrogen-bond donors (Lipinski definition) is 0. The van der Waals surface area contributed by atoms with Crippen molar-refractivity contribution in [3.63, 3.8) is 0 Å². The summed E-state index contributed by atoms with van der Waals surface area (Å²) in [5.41, 5.74) is 2.35. The molecule has 1 saturated carbocycles. The third-order valence-electron chi connectivity index (χ3n) is 4.79. The minimum Gasteiger partial charge on any atom is -0.497 e. The van der Waals surface area contributed by atoms with E-state index in [4.69, 9.17) is 9.47 Å². The second-order valence-corrected chi connectivity index (χ2v) is 6.57. The lowest BCUT2D eigenvalue weighted by atomic mass is 10.0. The predicted octanol–water partition coefficient (Wildman–Crippen LogP) is 3.16. The molecule has 0 amide bonds. The van der Waals surface area contributed by atoms with Crippen molar-refractivity contribution in [2.75, 3.05) is 25.2 Å². The lowest BCUT2D eigenvalue weighted by Gasteiger charge is -2.24. The predicted molar refractivity (Wildman–Crippen MR) is 92.4 cm³/mol. The Kier molecular flexibility index (Phi) is 4.34. The third-order valence-corrected chi connectivity index (χ3v) is 4.79. The first-order valence-corrected chi connectivity index (χ1v) is 8.63. The Morgan fingerprint density at radius 3 is 2.88 bits per heavy atom. The number of rotatable bonds is 6. The van der Waals surface area contributed by atoms with Crippen LogP contribution in [0.3, 0.4) is 0 Å². The van der Waals surface area contributed by atoms with Gasteiger partial charge in [-0.25, -0.2) is 9.97 Å². The van der Waals surface area contributed by atoms with Gasteiger partial charge in [0.25, 0.3) is 0 Å². The van der Waals surface area contributed by atoms with Gasteiger partial charge in [0.1, 0.15) is 17.9 Å². The number of ether oxygens (including phenoxy) is 2. The van der Waals surface area contributed by atoms with Crippen molar-refractivity contribution < 1.29 is 9.47 Å². The fraction of sp³-hybridized carbons (Fsp3) is 0.474. The zero-order valence-electron chi connectivity index (χ0n) is 14.0. The Morgan fingerprint density at radius 1 is 1.21 bits per heavy atom. The molecular weight excluding hydrogens is 302 g/mol. The van der Waals surface area contributed by atoms with Crippen LogP contribution in [0.2, 0.25) is 0 Å². The average molecular weight is 325 g/mol. The fourth-order valence-corrected chi connectivity index (χ4v) is 3.26. The van der Waals surface area contributed by atoms with Crippen molar-refractivity contribution in [3.8, 4) is 5.75 Å². The minimum absolute atomic E-state index is 0.407. The van der Waals surface area contributed by atoms with Crippen LogP contribution >= 0.6 is 0 Å². The van der Waals surface area contributed by atoms with Crippen LogP contribution < -0.4 is 9.64 Å². The first kappa shape index (κ1) is 15.4. The Morgan fingerprint density at radius 2 is 2.12 bits per heavy atom. The molecule has 1 atom stereocenters. The summed E-state index contributed by atoms with van der Waals surface area (Å²) >= 11 is 0. The van der Waals surface area contributed by atoms with Gasteiger partial charge < -0.3 is 14.4 Å². The van der Waals surface area contributed by atoms with E-state index in [-0.39, 0.29) is 0 Å². The third kappa shape index (κ3) is 3.36. The van der Waals surface area contributed by atoms with Gasteiger partial charge in [0.2, 0.25) is 0 Å². The molecule has 1 saturated heterocycles. The summed E-state index contributed by atoms with van der Waals surface area (Å²) < 4.78 is 10.9. The SMILES string of the molecule is COc1cccc(CN(c2cc(C3CCOC3)ncn2)C2CC2)c1. The maximum absolute atomic E-state index is 5.50. The smallest absolute Gasteiger partial charge is 0.132 e. The van der Waals surface area contributed by atoms with E-state index in [1.54, 1.807) is 13.4 Å². The summed E-state index contributed by atoms with van der Waals surface area (Å²) in [6.07, 6.45) is 5.21. The molecule has 0 bridgehead atoms. The molecule has 24 heavy (non-hydrogen) atoms. The molecule has 5 heteroatoms. The van der Waals surface area contributed by atoms with E-state index in [1.165, 1.54) is 18.4 Å². The van der Waals surface area contributed by atoms with Crippen molar-refractivity contribution in [3.05, 3.63) is 47.9 Å². The fourth-order valence-electron chi connectivity index (χ4n) is 3.26. The summed E-state index contributed by atoms with van der Waals surface area (Å²) in [6, 6.07) is 11.0. The topological polar surface area (TPSA) is 47.5 Å². The summed E-state index contributed by atoms with van der Waals surface area (Å²) in [5, 5.41) is 0. The Bertz CT molecular complexity index is 697. The number of nitrogens with zero attached hydrogens (tertiary/aromatic N) is 3. The van der Waals surface area contributed by atoms with Gasteiger partial charge in [-0.1, -0.05) is 12.1 Å². The van der Waals surface area contributed by atoms with E-state index in [0.717, 1.165) is 43.4 Å². The van der Waals surface area contributed by atoms with Gasteiger partial charge in [0, 0.05) is 31.2 Å². The van der Waals surface area contributed by atoms with Crippen molar-refractivity contribution in [2.24, 2.45) is 0 Å². The molecule has 2 fully saturated rings. The highest BCUT2D eigenvalue weighted by Gasteiger charge is 2.31. The van der Waals surface area contributed by atoms with Gasteiger partial charge in [0.05, 0.1) is 19.4 Å². The van der Waals surface area contributed by atoms with Gasteiger partial charge in [-0.15, -0.1) is 0 Å². The van der Waals surface area contributed by atoms with Crippen LogP contribution in [-0.4, -0.2) is 36.3 Å². The van der Waals surface area contributed by atoms with E-state index in [9.17, 15) is 0 Å². The molecule has 0 spiro atoms. The highest BCUT2D eigenvalue weighted by Crippen LogP contribution is 2.34. The van der Waals surface area contributed by atoms with Crippen LogP contribution in [0, 0.1) is 0 Å². The lowest BCUT2D eigenvalue weighted by Crippen LogP contribution is -2.26.